The molecule has 3 aliphatic rings. The Morgan fingerprint density at radius 1 is 1.07 bits per heavy atom. The Labute approximate surface area is 238 Å². The minimum Gasteiger partial charge on any atom is -0.407 e. The summed E-state index contributed by atoms with van der Waals surface area (Å²) in [4.78, 5) is 44.8. The summed E-state index contributed by atoms with van der Waals surface area (Å²) in [5.74, 6) is -1.33. The van der Waals surface area contributed by atoms with Crippen molar-refractivity contribution in [2.24, 2.45) is 11.3 Å². The SMILES string of the molecule is CCN(C(=O)Oc1ccccc1F)C1CN(C(=O)C2CCN(C(=O)C3(C#N)CC3)CC2)CC1c1ccc(Cl)cc1. The molecule has 1 saturated carbocycles. The first kappa shape index (κ1) is 27.9. The molecule has 5 rings (SSSR count). The summed E-state index contributed by atoms with van der Waals surface area (Å²) in [6, 6.07) is 14.9. The van der Waals surface area contributed by atoms with Crippen LogP contribution in [-0.4, -0.2) is 71.4 Å². The highest BCUT2D eigenvalue weighted by Gasteiger charge is 2.53. The number of carbonyl (C=O) groups excluding carboxylic acids is 3. The van der Waals surface area contributed by atoms with E-state index in [1.54, 1.807) is 32.9 Å². The summed E-state index contributed by atoms with van der Waals surface area (Å²) in [6.45, 7) is 3.76. The van der Waals surface area contributed by atoms with Crippen molar-refractivity contribution in [3.63, 3.8) is 0 Å². The van der Waals surface area contributed by atoms with Gasteiger partial charge in [0.15, 0.2) is 11.6 Å². The number of halogens is 2. The highest BCUT2D eigenvalue weighted by molar-refractivity contribution is 6.30. The predicted molar refractivity (Wildman–Crippen MR) is 146 cm³/mol. The monoisotopic (exact) mass is 566 g/mol. The number of rotatable bonds is 6. The fourth-order valence-corrected chi connectivity index (χ4v) is 6.01. The average Bonchev–Trinajstić information content (AvgIpc) is 3.66. The lowest BCUT2D eigenvalue weighted by molar-refractivity contribution is -0.141. The van der Waals surface area contributed by atoms with Crippen LogP contribution in [-0.2, 0) is 9.59 Å². The second kappa shape index (κ2) is 11.5. The Balaban J connectivity index is 1.31. The molecule has 2 atom stereocenters. The second-order valence-electron chi connectivity index (χ2n) is 10.8. The van der Waals surface area contributed by atoms with E-state index in [1.807, 2.05) is 19.1 Å². The van der Waals surface area contributed by atoms with Gasteiger partial charge in [-0.05, 0) is 62.4 Å². The topological polar surface area (TPSA) is 93.9 Å². The number of piperidine rings is 1. The molecule has 0 aromatic heterocycles. The summed E-state index contributed by atoms with van der Waals surface area (Å²) in [5.41, 5.74) is 0.0830. The van der Waals surface area contributed by atoms with E-state index in [1.165, 1.54) is 18.2 Å². The number of para-hydroxylation sites is 1. The maximum atomic E-state index is 14.2. The van der Waals surface area contributed by atoms with Crippen molar-refractivity contribution in [1.82, 2.24) is 14.7 Å². The standard InChI is InChI=1S/C30H32ClFN4O4/c1-2-36(29(39)40-26-6-4-3-5-24(26)32)25-18-35(17-23(25)20-7-9-22(31)10-8-20)27(37)21-11-15-34(16-12-21)28(38)30(19-33)13-14-30/h3-10,21,23,25H,2,11-18H2,1H3. The Kier molecular flexibility index (Phi) is 7.99. The molecule has 2 unspecified atom stereocenters. The van der Waals surface area contributed by atoms with Gasteiger partial charge in [-0.25, -0.2) is 9.18 Å². The molecule has 3 amide bonds. The average molecular weight is 567 g/mol. The van der Waals surface area contributed by atoms with Crippen LogP contribution < -0.4 is 4.74 Å². The van der Waals surface area contributed by atoms with Gasteiger partial charge in [0.2, 0.25) is 11.8 Å². The first-order valence-electron chi connectivity index (χ1n) is 13.7. The van der Waals surface area contributed by atoms with Crippen molar-refractivity contribution >= 4 is 29.5 Å². The maximum absolute atomic E-state index is 14.2. The number of hydrogen-bond donors (Lipinski definition) is 0. The van der Waals surface area contributed by atoms with Crippen LogP contribution in [0.3, 0.4) is 0 Å². The van der Waals surface area contributed by atoms with Crippen molar-refractivity contribution in [1.29, 1.82) is 5.26 Å². The number of benzene rings is 2. The predicted octanol–water partition coefficient (Wildman–Crippen LogP) is 4.84. The van der Waals surface area contributed by atoms with E-state index in [4.69, 9.17) is 16.3 Å². The molecule has 2 heterocycles. The largest absolute Gasteiger partial charge is 0.415 e. The summed E-state index contributed by atoms with van der Waals surface area (Å²) in [5, 5.41) is 9.97. The molecule has 1 aliphatic carbocycles. The van der Waals surface area contributed by atoms with Gasteiger partial charge in [-0.2, -0.15) is 5.26 Å². The van der Waals surface area contributed by atoms with Crippen molar-refractivity contribution in [3.8, 4) is 11.8 Å². The van der Waals surface area contributed by atoms with Gasteiger partial charge in [0.1, 0.15) is 5.41 Å². The molecule has 0 spiro atoms. The van der Waals surface area contributed by atoms with Crippen molar-refractivity contribution in [2.45, 2.75) is 44.6 Å². The van der Waals surface area contributed by atoms with Gasteiger partial charge >= 0.3 is 6.09 Å². The van der Waals surface area contributed by atoms with E-state index < -0.39 is 17.3 Å². The number of carbonyl (C=O) groups is 3. The van der Waals surface area contributed by atoms with E-state index in [9.17, 15) is 24.0 Å². The number of amides is 3. The summed E-state index contributed by atoms with van der Waals surface area (Å²) in [7, 11) is 0. The van der Waals surface area contributed by atoms with Crippen LogP contribution in [0.5, 0.6) is 5.75 Å². The lowest BCUT2D eigenvalue weighted by Gasteiger charge is -2.34. The highest BCUT2D eigenvalue weighted by atomic mass is 35.5. The molecule has 0 radical (unpaired) electrons. The zero-order valence-electron chi connectivity index (χ0n) is 22.4. The van der Waals surface area contributed by atoms with Crippen LogP contribution in [0.15, 0.2) is 48.5 Å². The Hall–Kier alpha value is -3.64. The number of likely N-dealkylation sites (N-methyl/N-ethyl adjacent to an activating group) is 1. The van der Waals surface area contributed by atoms with Crippen LogP contribution in [0.25, 0.3) is 0 Å². The summed E-state index contributed by atoms with van der Waals surface area (Å²) in [6.07, 6.45) is 1.60. The molecule has 3 fully saturated rings. The molecule has 8 nitrogen and oxygen atoms in total. The Bertz CT molecular complexity index is 1320. The molecule has 0 bridgehead atoms. The summed E-state index contributed by atoms with van der Waals surface area (Å²) >= 11 is 6.13. The van der Waals surface area contributed by atoms with Crippen molar-refractivity contribution < 1.29 is 23.5 Å². The van der Waals surface area contributed by atoms with E-state index in [2.05, 4.69) is 6.07 Å². The van der Waals surface area contributed by atoms with Crippen LogP contribution in [0, 0.1) is 28.5 Å². The third kappa shape index (κ3) is 5.50. The third-order valence-electron chi connectivity index (χ3n) is 8.41. The number of likely N-dealkylation sites (tertiary alicyclic amines) is 2. The van der Waals surface area contributed by atoms with E-state index in [-0.39, 0.29) is 35.4 Å². The number of nitriles is 1. The smallest absolute Gasteiger partial charge is 0.407 e. The minimum absolute atomic E-state index is 0.00601. The molecule has 2 aliphatic heterocycles. The number of nitrogens with zero attached hydrogens (tertiary/aromatic N) is 4. The zero-order valence-corrected chi connectivity index (χ0v) is 23.1. The first-order chi connectivity index (χ1) is 19.3. The fourth-order valence-electron chi connectivity index (χ4n) is 5.89. The van der Waals surface area contributed by atoms with Crippen LogP contribution in [0.2, 0.25) is 5.02 Å². The fraction of sp³-hybridized carbons (Fsp3) is 0.467. The van der Waals surface area contributed by atoms with Gasteiger partial charge in [0, 0.05) is 49.6 Å². The number of hydrogen-bond acceptors (Lipinski definition) is 5. The van der Waals surface area contributed by atoms with Gasteiger partial charge in [0.05, 0.1) is 12.1 Å². The van der Waals surface area contributed by atoms with Crippen LogP contribution in [0.1, 0.15) is 44.1 Å². The molecule has 2 saturated heterocycles. The van der Waals surface area contributed by atoms with Crippen molar-refractivity contribution in [3.05, 3.63) is 64.9 Å². The molecular weight excluding hydrogens is 535 g/mol. The Morgan fingerprint density at radius 3 is 2.35 bits per heavy atom. The lowest BCUT2D eigenvalue weighted by Crippen LogP contribution is -2.47. The normalized spacial score (nSPS) is 21.9. The quantitative estimate of drug-likeness (QED) is 0.499. The molecule has 2 aromatic rings. The molecule has 210 valence electrons. The molecule has 40 heavy (non-hydrogen) atoms. The molecule has 2 aromatic carbocycles. The Morgan fingerprint density at radius 2 is 1.75 bits per heavy atom. The maximum Gasteiger partial charge on any atom is 0.415 e. The third-order valence-corrected chi connectivity index (χ3v) is 8.67. The number of ether oxygens (including phenoxy) is 1. The molecular formula is C30H32ClFN4O4. The van der Waals surface area contributed by atoms with Gasteiger partial charge in [-0.3, -0.25) is 9.59 Å². The summed E-state index contributed by atoms with van der Waals surface area (Å²) < 4.78 is 19.6. The molecule has 10 heteroatoms. The molecule has 0 N–H and O–H groups in total. The van der Waals surface area contributed by atoms with Crippen molar-refractivity contribution in [2.75, 3.05) is 32.7 Å². The lowest BCUT2D eigenvalue weighted by atomic mass is 9.93. The van der Waals surface area contributed by atoms with Crippen LogP contribution in [0.4, 0.5) is 9.18 Å². The van der Waals surface area contributed by atoms with Gasteiger partial charge < -0.3 is 19.4 Å². The van der Waals surface area contributed by atoms with E-state index >= 15 is 0 Å². The van der Waals surface area contributed by atoms with Gasteiger partial charge in [-0.1, -0.05) is 35.9 Å². The second-order valence-corrected chi connectivity index (χ2v) is 11.2. The van der Waals surface area contributed by atoms with Gasteiger partial charge in [-0.15, -0.1) is 0 Å². The highest BCUT2D eigenvalue weighted by Crippen LogP contribution is 2.47. The van der Waals surface area contributed by atoms with E-state index in [0.29, 0.717) is 63.4 Å². The zero-order chi connectivity index (χ0) is 28.4. The minimum atomic E-state index is -0.855. The first-order valence-corrected chi connectivity index (χ1v) is 14.1. The van der Waals surface area contributed by atoms with Crippen LogP contribution >= 0.6 is 11.6 Å². The van der Waals surface area contributed by atoms with Gasteiger partial charge in [0.25, 0.3) is 0 Å². The van der Waals surface area contributed by atoms with E-state index in [0.717, 1.165) is 5.56 Å².